The molecule has 8 heterocycles. The summed E-state index contributed by atoms with van der Waals surface area (Å²) in [6, 6.07) is 5.76. The Labute approximate surface area is 577 Å². The predicted octanol–water partition coefficient (Wildman–Crippen LogP) is 17.1. The van der Waals surface area contributed by atoms with Gasteiger partial charge in [0.2, 0.25) is 11.7 Å². The van der Waals surface area contributed by atoms with Crippen LogP contribution in [0.3, 0.4) is 0 Å². The SMILES string of the molecule is C.C.C#Cc1[nH]c(C(C)(C)C)nc1Br.C#Cc1[nH]c(C(C)(C)C)nc1Cl.C#Cc1[nH]c(C(C)(C)C)nc1O.C#Cc1c[nH]c(C(C)(C)C)c1.C#Cc1ccc(C(C)(C)C)o1.C#Cc1cnc(C(C)(C)C)[nH]1.C#Cc1nc(C(C)(C)C)[nH]c1C.C#Cc1nc(C(C)(C)C)n[nH]1. The molecule has 16 nitrogen and oxygen atoms in total. The van der Waals surface area contributed by atoms with E-state index < -0.39 is 0 Å². The van der Waals surface area contributed by atoms with Crippen LogP contribution in [-0.2, 0) is 43.3 Å². The third-order valence-electron chi connectivity index (χ3n) is 12.2. The smallest absolute Gasteiger partial charge is 0.246 e. The number of furan rings is 1. The largest absolute Gasteiger partial charge is 0.491 e. The fraction of sp³-hybridized carbons (Fsp3) is 0.461. The van der Waals surface area contributed by atoms with Crippen molar-refractivity contribution in [2.24, 2.45) is 0 Å². The van der Waals surface area contributed by atoms with Crippen LogP contribution in [0.1, 0.15) is 279 Å². The molecule has 8 aromatic rings. The highest BCUT2D eigenvalue weighted by Crippen LogP contribution is 2.28. The molecule has 0 amide bonds. The zero-order chi connectivity index (χ0) is 71.3. The number of rotatable bonds is 0. The summed E-state index contributed by atoms with van der Waals surface area (Å²) in [5.41, 5.74) is 6.28. The van der Waals surface area contributed by atoms with Gasteiger partial charge in [0.1, 0.15) is 62.3 Å². The number of hydrogen-bond acceptors (Lipinski definition) is 9. The molecule has 0 aliphatic carbocycles. The van der Waals surface area contributed by atoms with Crippen molar-refractivity contribution in [3.63, 3.8) is 0 Å². The second-order valence-electron chi connectivity index (χ2n) is 29.1. The van der Waals surface area contributed by atoms with Gasteiger partial charge in [0.15, 0.2) is 22.4 Å². The molecule has 0 fully saturated rings. The fourth-order valence-corrected chi connectivity index (χ4v) is 7.13. The first kappa shape index (κ1) is 86.9. The van der Waals surface area contributed by atoms with E-state index in [1.807, 2.05) is 93.6 Å². The first-order valence-corrected chi connectivity index (χ1v) is 30.5. The quantitative estimate of drug-likeness (QED) is 0.0674. The first-order valence-electron chi connectivity index (χ1n) is 29.3. The molecule has 94 heavy (non-hydrogen) atoms. The summed E-state index contributed by atoms with van der Waals surface area (Å²) in [5.74, 6) is 26.8. The third-order valence-corrected chi connectivity index (χ3v) is 13.0. The summed E-state index contributed by atoms with van der Waals surface area (Å²) in [4.78, 5) is 43.2. The van der Waals surface area contributed by atoms with Crippen molar-refractivity contribution in [2.75, 3.05) is 0 Å². The molecule has 0 unspecified atom stereocenters. The highest BCUT2D eigenvalue weighted by atomic mass is 79.9. The van der Waals surface area contributed by atoms with Crippen LogP contribution in [0.5, 0.6) is 5.88 Å². The van der Waals surface area contributed by atoms with Crippen LogP contribution in [-0.4, -0.2) is 75.1 Å². The van der Waals surface area contributed by atoms with Gasteiger partial charge in [-0.2, -0.15) is 10.1 Å². The molecule has 8 N–H and O–H groups in total. The Bertz CT molecular complexity index is 3480. The molecule has 0 aromatic carbocycles. The van der Waals surface area contributed by atoms with E-state index in [1.54, 1.807) is 6.20 Å². The average molecular weight is 1360 g/mol. The summed E-state index contributed by atoms with van der Waals surface area (Å²) < 4.78 is 6.08. The molecule has 18 heteroatoms. The number of hydrogen-bond donors (Lipinski definition) is 8. The third kappa shape index (κ3) is 28.8. The molecule has 0 saturated heterocycles. The molecule has 0 aliphatic rings. The lowest BCUT2D eigenvalue weighted by molar-refractivity contribution is 0.404. The van der Waals surface area contributed by atoms with E-state index in [2.05, 4.69) is 237 Å². The number of nitrogens with one attached hydrogen (secondary N) is 7. The van der Waals surface area contributed by atoms with Crippen LogP contribution in [0.2, 0.25) is 5.15 Å². The van der Waals surface area contributed by atoms with Crippen LogP contribution < -0.4 is 0 Å². The van der Waals surface area contributed by atoms with Crippen molar-refractivity contribution in [3.05, 3.63) is 138 Å². The number of H-pyrrole nitrogens is 7. The Morgan fingerprint density at radius 3 is 1.22 bits per heavy atom. The van der Waals surface area contributed by atoms with Gasteiger partial charge >= 0.3 is 0 Å². The van der Waals surface area contributed by atoms with Crippen LogP contribution in [0.15, 0.2) is 39.6 Å². The normalized spacial score (nSPS) is 10.9. The summed E-state index contributed by atoms with van der Waals surface area (Å²) in [7, 11) is 0. The maximum absolute atomic E-state index is 9.21. The summed E-state index contributed by atoms with van der Waals surface area (Å²) in [6.45, 7) is 51.7. The Kier molecular flexibility index (Phi) is 33.0. The van der Waals surface area contributed by atoms with Gasteiger partial charge in [0.25, 0.3) is 0 Å². The molecule has 0 saturated carbocycles. The van der Waals surface area contributed by atoms with Crippen molar-refractivity contribution in [1.29, 1.82) is 0 Å². The van der Waals surface area contributed by atoms with Crippen LogP contribution >= 0.6 is 27.5 Å². The van der Waals surface area contributed by atoms with Gasteiger partial charge in [0, 0.05) is 66.5 Å². The van der Waals surface area contributed by atoms with Crippen LogP contribution in [0.25, 0.3) is 0 Å². The van der Waals surface area contributed by atoms with E-state index in [0.29, 0.717) is 39.6 Å². The highest BCUT2D eigenvalue weighted by molar-refractivity contribution is 9.10. The molecular weight excluding hydrogens is 1260 g/mol. The molecule has 8 aromatic heterocycles. The molecule has 0 atom stereocenters. The highest BCUT2D eigenvalue weighted by Gasteiger charge is 2.24. The average Bonchev–Trinajstić information content (AvgIpc) is 1.73. The van der Waals surface area contributed by atoms with Crippen molar-refractivity contribution in [2.45, 2.75) is 231 Å². The van der Waals surface area contributed by atoms with Crippen LogP contribution in [0.4, 0.5) is 0 Å². The maximum Gasteiger partial charge on any atom is 0.246 e. The van der Waals surface area contributed by atoms with E-state index in [9.17, 15) is 5.11 Å². The predicted molar refractivity (Wildman–Crippen MR) is 394 cm³/mol. The first-order chi connectivity index (χ1) is 41.9. The number of aromatic nitrogens is 14. The van der Waals surface area contributed by atoms with Gasteiger partial charge in [-0.3, -0.25) is 5.10 Å². The van der Waals surface area contributed by atoms with Gasteiger partial charge < -0.3 is 39.4 Å². The number of aryl methyl sites for hydroxylation is 1. The van der Waals surface area contributed by atoms with Crippen LogP contribution in [0, 0.1) is 106 Å². The summed E-state index contributed by atoms with van der Waals surface area (Å²) >= 11 is 9.05. The minimum atomic E-state index is -0.118. The standard InChI is InChI=1S/C10H14N2.C10H13N.C10H12O.C9H11BrN2.C9H11ClN2.C9H12N2O.C9H12N2.C8H11N3.2CH4/c1-6-8-7(2)11-9(12-8)10(3,4)5;1-5-8-6-9(11-7-8)10(2,3)4;1-5-8-6-7-9(11-8)10(2,3)4;2*1-5-6-7(10)12-8(11-6)9(2,3)4;1-5-6-7(12)11-8(10-6)9(2,3)4;1-5-7-6-10-8(11-7)9(2,3)4;1-5-6-9-7(11-10-6)8(2,3)4;;/h1H,2-5H3,(H,11,12);1,6-7,11H,2-4H3;1,6-7H,2-4H3;2*1H,2-4H3,(H,11,12);1,12H,2-4H3,(H,10,11);1,6H,2-4H3,(H,10,11);1H,2-4H3,(H,9,10,11);2*1H4. The van der Waals surface area contributed by atoms with E-state index in [1.165, 1.54) is 5.69 Å². The van der Waals surface area contributed by atoms with E-state index in [-0.39, 0.29) is 64.1 Å². The lowest BCUT2D eigenvalue weighted by atomic mass is 9.92. The molecule has 0 aliphatic heterocycles. The summed E-state index contributed by atoms with van der Waals surface area (Å²) in [5, 5.41) is 16.2. The van der Waals surface area contributed by atoms with E-state index >= 15 is 0 Å². The lowest BCUT2D eigenvalue weighted by Crippen LogP contribution is -2.13. The molecule has 0 spiro atoms. The van der Waals surface area contributed by atoms with Gasteiger partial charge in [-0.25, -0.2) is 24.9 Å². The number of imidazole rings is 5. The Morgan fingerprint density at radius 1 is 0.489 bits per heavy atom. The molecule has 8 rings (SSSR count). The van der Waals surface area contributed by atoms with Crippen molar-refractivity contribution in [1.82, 2.24) is 70.0 Å². The van der Waals surface area contributed by atoms with Gasteiger partial charge in [-0.15, -0.1) is 51.4 Å². The summed E-state index contributed by atoms with van der Waals surface area (Å²) in [6.07, 6.45) is 45.1. The van der Waals surface area contributed by atoms with Crippen molar-refractivity contribution in [3.8, 4) is 105 Å². The Morgan fingerprint density at radius 2 is 0.968 bits per heavy atom. The number of halogens is 2. The Hall–Kier alpha value is -9.20. The topological polar surface area (TPSA) is 234 Å². The molecule has 504 valence electrons. The minimum Gasteiger partial charge on any atom is -0.491 e. The van der Waals surface area contributed by atoms with E-state index in [4.69, 9.17) is 67.4 Å². The van der Waals surface area contributed by atoms with Gasteiger partial charge in [0.05, 0.1) is 6.20 Å². The van der Waals surface area contributed by atoms with Gasteiger partial charge in [-0.1, -0.05) is 204 Å². The zero-order valence-electron chi connectivity index (χ0n) is 58.7. The lowest BCUT2D eigenvalue weighted by Gasteiger charge is -2.15. The zero-order valence-corrected chi connectivity index (χ0v) is 61.1. The molecule has 0 radical (unpaired) electrons. The number of aromatic amines is 7. The molecule has 0 bridgehead atoms. The Balaban J connectivity index is 0. The number of nitrogens with zero attached hydrogens (tertiary/aromatic N) is 7. The van der Waals surface area contributed by atoms with Gasteiger partial charge in [-0.05, 0) is 76.6 Å². The fourth-order valence-electron chi connectivity index (χ4n) is 6.55. The minimum absolute atomic E-state index is 0. The van der Waals surface area contributed by atoms with Crippen molar-refractivity contribution >= 4 is 27.5 Å². The number of terminal acetylenes is 8. The second kappa shape index (κ2) is 35.7. The monoisotopic (exact) mass is 1360 g/mol. The second-order valence-corrected chi connectivity index (χ2v) is 30.2. The maximum atomic E-state index is 9.21. The number of aromatic hydroxyl groups is 1. The molecular formula is C76H104BrClN14O2. The van der Waals surface area contributed by atoms with E-state index in [0.717, 1.165) is 62.1 Å². The van der Waals surface area contributed by atoms with Crippen molar-refractivity contribution < 1.29 is 9.52 Å².